The highest BCUT2D eigenvalue weighted by atomic mass is 16.5. The van der Waals surface area contributed by atoms with Crippen molar-refractivity contribution in [2.45, 2.75) is 13.0 Å². The third kappa shape index (κ3) is 3.07. The molecule has 5 nitrogen and oxygen atoms in total. The zero-order valence-electron chi connectivity index (χ0n) is 15.2. The second-order valence-electron chi connectivity index (χ2n) is 6.48. The summed E-state index contributed by atoms with van der Waals surface area (Å²) >= 11 is 0. The Morgan fingerprint density at radius 1 is 0.786 bits per heavy atom. The molecule has 1 aliphatic rings. The van der Waals surface area contributed by atoms with Gasteiger partial charge in [-0.2, -0.15) is 0 Å². The number of imide groups is 1. The Kier molecular flexibility index (Phi) is 4.49. The van der Waals surface area contributed by atoms with Gasteiger partial charge in [0.05, 0.1) is 16.8 Å². The van der Waals surface area contributed by atoms with Gasteiger partial charge in [-0.25, -0.2) is 4.90 Å². The summed E-state index contributed by atoms with van der Waals surface area (Å²) in [5.74, 6) is -0.328. The summed E-state index contributed by atoms with van der Waals surface area (Å²) in [4.78, 5) is 38.7. The van der Waals surface area contributed by atoms with E-state index in [1.807, 2.05) is 6.07 Å². The molecule has 0 bridgehead atoms. The van der Waals surface area contributed by atoms with Crippen LogP contribution in [0.4, 0.5) is 5.69 Å². The number of nitrogens with zero attached hydrogens (tertiary/aromatic N) is 1. The maximum atomic E-state index is 12.5. The molecule has 0 aliphatic carbocycles. The molecule has 1 aliphatic heterocycles. The summed E-state index contributed by atoms with van der Waals surface area (Å²) in [6.45, 7) is 1.69. The number of ketones is 1. The van der Waals surface area contributed by atoms with E-state index >= 15 is 0 Å². The molecule has 0 aromatic heterocycles. The first-order valence-electron chi connectivity index (χ1n) is 8.90. The van der Waals surface area contributed by atoms with Crippen LogP contribution in [0, 0.1) is 0 Å². The Morgan fingerprint density at radius 3 is 1.89 bits per heavy atom. The number of amides is 2. The minimum absolute atomic E-state index is 0.120. The van der Waals surface area contributed by atoms with Gasteiger partial charge in [-0.1, -0.05) is 42.5 Å². The standard InChI is InChI=1S/C23H17NO4/c1-15(21(25)16-7-3-2-4-8-16)28-18-13-11-17(12-14-18)24-22(26)19-9-5-6-10-20(19)23(24)27/h2-15H,1H3/t15-/m0/s1. The smallest absolute Gasteiger partial charge is 0.266 e. The van der Waals surface area contributed by atoms with Crippen LogP contribution in [0.25, 0.3) is 0 Å². The lowest BCUT2D eigenvalue weighted by Gasteiger charge is -2.16. The van der Waals surface area contributed by atoms with Crippen molar-refractivity contribution in [3.8, 4) is 5.75 Å². The molecule has 3 aromatic rings. The summed E-state index contributed by atoms with van der Waals surface area (Å²) in [6.07, 6.45) is -0.660. The fourth-order valence-corrected chi connectivity index (χ4v) is 3.19. The summed E-state index contributed by atoms with van der Waals surface area (Å²) in [5.41, 5.74) is 1.84. The van der Waals surface area contributed by atoms with E-state index in [0.717, 1.165) is 4.90 Å². The van der Waals surface area contributed by atoms with Gasteiger partial charge in [0.25, 0.3) is 11.8 Å². The maximum Gasteiger partial charge on any atom is 0.266 e. The molecule has 4 rings (SSSR count). The zero-order chi connectivity index (χ0) is 19.7. The van der Waals surface area contributed by atoms with Crippen LogP contribution in [0.1, 0.15) is 38.0 Å². The molecule has 138 valence electrons. The maximum absolute atomic E-state index is 12.5. The van der Waals surface area contributed by atoms with E-state index in [0.29, 0.717) is 28.1 Å². The largest absolute Gasteiger partial charge is 0.483 e. The van der Waals surface area contributed by atoms with Crippen molar-refractivity contribution in [1.82, 2.24) is 0 Å². The SMILES string of the molecule is C[C@H](Oc1ccc(N2C(=O)c3ccccc3C2=O)cc1)C(=O)c1ccccc1. The molecule has 0 unspecified atom stereocenters. The lowest BCUT2D eigenvalue weighted by Crippen LogP contribution is -2.29. The van der Waals surface area contributed by atoms with Gasteiger partial charge in [-0.3, -0.25) is 14.4 Å². The molecular weight excluding hydrogens is 354 g/mol. The number of ether oxygens (including phenoxy) is 1. The lowest BCUT2D eigenvalue weighted by molar-refractivity contribution is 0.0818. The Bertz CT molecular complexity index is 1020. The number of hydrogen-bond donors (Lipinski definition) is 0. The number of anilines is 1. The van der Waals surface area contributed by atoms with Gasteiger partial charge >= 0.3 is 0 Å². The molecule has 2 amide bonds. The minimum atomic E-state index is -0.660. The van der Waals surface area contributed by atoms with Crippen LogP contribution < -0.4 is 9.64 Å². The van der Waals surface area contributed by atoms with Crippen molar-refractivity contribution in [2.75, 3.05) is 4.90 Å². The fraction of sp³-hybridized carbons (Fsp3) is 0.0870. The first-order valence-corrected chi connectivity index (χ1v) is 8.90. The predicted molar refractivity (Wildman–Crippen MR) is 105 cm³/mol. The van der Waals surface area contributed by atoms with Crippen molar-refractivity contribution in [1.29, 1.82) is 0 Å². The minimum Gasteiger partial charge on any atom is -0.483 e. The molecule has 0 saturated heterocycles. The van der Waals surface area contributed by atoms with Crippen molar-refractivity contribution >= 4 is 23.3 Å². The Hall–Kier alpha value is -3.73. The molecular formula is C23H17NO4. The topological polar surface area (TPSA) is 63.7 Å². The number of fused-ring (bicyclic) bond motifs is 1. The number of carbonyl (C=O) groups excluding carboxylic acids is 3. The second kappa shape index (κ2) is 7.12. The molecule has 0 radical (unpaired) electrons. The van der Waals surface area contributed by atoms with Crippen LogP contribution in [0.15, 0.2) is 78.9 Å². The van der Waals surface area contributed by atoms with Gasteiger partial charge < -0.3 is 4.74 Å². The van der Waals surface area contributed by atoms with E-state index in [1.54, 1.807) is 79.7 Å². The van der Waals surface area contributed by atoms with Crippen molar-refractivity contribution in [3.63, 3.8) is 0 Å². The van der Waals surface area contributed by atoms with Crippen LogP contribution in [-0.4, -0.2) is 23.7 Å². The zero-order valence-corrected chi connectivity index (χ0v) is 15.2. The Labute approximate surface area is 162 Å². The average Bonchev–Trinajstić information content (AvgIpc) is 2.99. The molecule has 5 heteroatoms. The number of rotatable bonds is 5. The molecule has 0 spiro atoms. The van der Waals surface area contributed by atoms with Crippen LogP contribution in [0.2, 0.25) is 0 Å². The molecule has 1 heterocycles. The van der Waals surface area contributed by atoms with E-state index in [-0.39, 0.29) is 17.6 Å². The van der Waals surface area contributed by atoms with Gasteiger partial charge in [0, 0.05) is 5.56 Å². The summed E-state index contributed by atoms with van der Waals surface area (Å²) in [5, 5.41) is 0. The summed E-state index contributed by atoms with van der Waals surface area (Å²) in [7, 11) is 0. The molecule has 28 heavy (non-hydrogen) atoms. The van der Waals surface area contributed by atoms with Gasteiger partial charge in [-0.05, 0) is 43.3 Å². The van der Waals surface area contributed by atoms with Crippen molar-refractivity contribution in [3.05, 3.63) is 95.6 Å². The van der Waals surface area contributed by atoms with E-state index < -0.39 is 6.10 Å². The molecule has 3 aromatic carbocycles. The highest BCUT2D eigenvalue weighted by molar-refractivity contribution is 6.34. The Morgan fingerprint density at radius 2 is 1.32 bits per heavy atom. The van der Waals surface area contributed by atoms with Crippen molar-refractivity contribution in [2.24, 2.45) is 0 Å². The highest BCUT2D eigenvalue weighted by Crippen LogP contribution is 2.29. The van der Waals surface area contributed by atoms with Crippen LogP contribution in [0.5, 0.6) is 5.75 Å². The first kappa shape index (κ1) is 17.7. The van der Waals surface area contributed by atoms with Gasteiger partial charge in [0.1, 0.15) is 5.75 Å². The van der Waals surface area contributed by atoms with E-state index in [9.17, 15) is 14.4 Å². The third-order valence-corrected chi connectivity index (χ3v) is 4.63. The second-order valence-corrected chi connectivity index (χ2v) is 6.48. The number of carbonyl (C=O) groups is 3. The normalized spacial score (nSPS) is 14.0. The van der Waals surface area contributed by atoms with Gasteiger partial charge in [0.2, 0.25) is 5.78 Å². The van der Waals surface area contributed by atoms with E-state index in [1.165, 1.54) is 0 Å². The monoisotopic (exact) mass is 371 g/mol. The predicted octanol–water partition coefficient (Wildman–Crippen LogP) is 4.14. The van der Waals surface area contributed by atoms with Gasteiger partial charge in [-0.15, -0.1) is 0 Å². The molecule has 0 fully saturated rings. The van der Waals surface area contributed by atoms with Gasteiger partial charge in [0.15, 0.2) is 6.10 Å². The summed E-state index contributed by atoms with van der Waals surface area (Å²) in [6, 6.07) is 22.3. The van der Waals surface area contributed by atoms with Crippen LogP contribution in [-0.2, 0) is 0 Å². The number of Topliss-reactive ketones (excluding diaryl/α,β-unsaturated/α-hetero) is 1. The first-order chi connectivity index (χ1) is 13.6. The summed E-state index contributed by atoms with van der Waals surface area (Å²) < 4.78 is 5.73. The van der Waals surface area contributed by atoms with Crippen LogP contribution in [0.3, 0.4) is 0 Å². The quantitative estimate of drug-likeness (QED) is 0.500. The fourth-order valence-electron chi connectivity index (χ4n) is 3.19. The van der Waals surface area contributed by atoms with E-state index in [4.69, 9.17) is 4.74 Å². The number of benzene rings is 3. The van der Waals surface area contributed by atoms with E-state index in [2.05, 4.69) is 0 Å². The highest BCUT2D eigenvalue weighted by Gasteiger charge is 2.36. The molecule has 1 atom stereocenters. The van der Waals surface area contributed by atoms with Crippen LogP contribution >= 0.6 is 0 Å². The lowest BCUT2D eigenvalue weighted by atomic mass is 10.1. The Balaban J connectivity index is 1.50. The number of hydrogen-bond acceptors (Lipinski definition) is 4. The molecule has 0 N–H and O–H groups in total. The average molecular weight is 371 g/mol. The third-order valence-electron chi connectivity index (χ3n) is 4.63. The molecule has 0 saturated carbocycles. The van der Waals surface area contributed by atoms with Crippen molar-refractivity contribution < 1.29 is 19.1 Å².